The maximum Gasteiger partial charge on any atom is 0.228 e. The minimum atomic E-state index is -0.832. The molecule has 1 aliphatic rings. The molecule has 0 bridgehead atoms. The molecule has 2 atom stereocenters. The zero-order valence-electron chi connectivity index (χ0n) is 14.2. The Labute approximate surface area is 150 Å². The number of nitrogens with one attached hydrogen (secondary N) is 2. The summed E-state index contributed by atoms with van der Waals surface area (Å²) in [7, 11) is 0. The van der Waals surface area contributed by atoms with Gasteiger partial charge in [0.15, 0.2) is 0 Å². The number of halogens is 2. The number of anilines is 1. The summed E-state index contributed by atoms with van der Waals surface area (Å²) in [6.07, 6.45) is 2.14. The third kappa shape index (κ3) is 4.65. The molecule has 0 heterocycles. The van der Waals surface area contributed by atoms with E-state index in [-0.39, 0.29) is 17.5 Å². The Kier molecular flexibility index (Phi) is 5.61. The molecule has 0 saturated heterocycles. The van der Waals surface area contributed by atoms with Crippen LogP contribution < -0.4 is 10.6 Å². The Morgan fingerprint density at radius 1 is 1.00 bits per heavy atom. The van der Waals surface area contributed by atoms with Gasteiger partial charge in [-0.1, -0.05) is 30.3 Å². The van der Waals surface area contributed by atoms with Crippen molar-refractivity contribution in [1.82, 2.24) is 5.32 Å². The largest absolute Gasteiger partial charge is 0.356 e. The first-order valence-corrected chi connectivity index (χ1v) is 8.62. The fourth-order valence-electron chi connectivity index (χ4n) is 2.87. The molecule has 1 saturated carbocycles. The van der Waals surface area contributed by atoms with Crippen LogP contribution >= 0.6 is 0 Å². The van der Waals surface area contributed by atoms with Crippen LogP contribution in [-0.2, 0) is 16.0 Å². The topological polar surface area (TPSA) is 58.2 Å². The van der Waals surface area contributed by atoms with Gasteiger partial charge < -0.3 is 10.6 Å². The Morgan fingerprint density at radius 3 is 2.46 bits per heavy atom. The molecule has 1 fully saturated rings. The van der Waals surface area contributed by atoms with E-state index in [1.807, 2.05) is 30.3 Å². The molecule has 136 valence electrons. The zero-order valence-corrected chi connectivity index (χ0v) is 14.2. The Bertz CT molecular complexity index is 796. The van der Waals surface area contributed by atoms with Crippen LogP contribution in [0.2, 0.25) is 0 Å². The molecule has 2 N–H and O–H groups in total. The molecule has 6 heteroatoms. The lowest BCUT2D eigenvalue weighted by molar-refractivity contribution is -0.125. The number of aryl methyl sites for hydroxylation is 1. The van der Waals surface area contributed by atoms with Gasteiger partial charge in [-0.2, -0.15) is 0 Å². The van der Waals surface area contributed by atoms with Gasteiger partial charge in [0.2, 0.25) is 11.8 Å². The molecule has 0 aromatic heterocycles. The number of hydrogen-bond donors (Lipinski definition) is 2. The summed E-state index contributed by atoms with van der Waals surface area (Å²) in [6.45, 7) is 0.547. The molecule has 0 spiro atoms. The second-order valence-electron chi connectivity index (χ2n) is 6.44. The molecule has 2 aromatic carbocycles. The number of benzene rings is 2. The van der Waals surface area contributed by atoms with Crippen LogP contribution in [0.1, 0.15) is 18.4 Å². The van der Waals surface area contributed by atoms with Crippen LogP contribution in [0.4, 0.5) is 14.5 Å². The minimum Gasteiger partial charge on any atom is -0.356 e. The van der Waals surface area contributed by atoms with Crippen LogP contribution in [0, 0.1) is 23.5 Å². The Balaban J connectivity index is 1.40. The first-order valence-electron chi connectivity index (χ1n) is 8.62. The summed E-state index contributed by atoms with van der Waals surface area (Å²) < 4.78 is 26.4. The van der Waals surface area contributed by atoms with Crippen molar-refractivity contribution in [3.63, 3.8) is 0 Å². The average molecular weight is 358 g/mol. The summed E-state index contributed by atoms with van der Waals surface area (Å²) in [4.78, 5) is 24.2. The quantitative estimate of drug-likeness (QED) is 0.746. The summed E-state index contributed by atoms with van der Waals surface area (Å²) in [6, 6.07) is 12.9. The fourth-order valence-corrected chi connectivity index (χ4v) is 2.87. The fraction of sp³-hybridized carbons (Fsp3) is 0.300. The maximum absolute atomic E-state index is 13.6. The highest BCUT2D eigenvalue weighted by molar-refractivity contribution is 5.99. The molecule has 0 aliphatic heterocycles. The highest BCUT2D eigenvalue weighted by atomic mass is 19.1. The first kappa shape index (κ1) is 18.0. The lowest BCUT2D eigenvalue weighted by Gasteiger charge is -2.07. The molecule has 2 aromatic rings. The van der Waals surface area contributed by atoms with Crippen LogP contribution in [-0.4, -0.2) is 18.4 Å². The van der Waals surface area contributed by atoms with Crippen LogP contribution in [0.25, 0.3) is 0 Å². The molecular formula is C20H20F2N2O2. The minimum absolute atomic E-state index is 0.0784. The number of carbonyl (C=O) groups excluding carboxylic acids is 2. The second-order valence-corrected chi connectivity index (χ2v) is 6.44. The molecule has 2 amide bonds. The number of amides is 2. The van der Waals surface area contributed by atoms with Gasteiger partial charge in [0.25, 0.3) is 0 Å². The maximum atomic E-state index is 13.6. The van der Waals surface area contributed by atoms with Gasteiger partial charge in [-0.3, -0.25) is 9.59 Å². The van der Waals surface area contributed by atoms with E-state index in [9.17, 15) is 18.4 Å². The lowest BCUT2D eigenvalue weighted by atomic mass is 10.1. The van der Waals surface area contributed by atoms with Crippen molar-refractivity contribution >= 4 is 17.5 Å². The van der Waals surface area contributed by atoms with E-state index < -0.39 is 23.5 Å². The smallest absolute Gasteiger partial charge is 0.228 e. The first-order chi connectivity index (χ1) is 12.5. The van der Waals surface area contributed by atoms with Gasteiger partial charge in [0.05, 0.1) is 17.5 Å². The number of rotatable bonds is 7. The second kappa shape index (κ2) is 8.08. The Morgan fingerprint density at radius 2 is 1.73 bits per heavy atom. The van der Waals surface area contributed by atoms with Gasteiger partial charge in [0, 0.05) is 12.6 Å². The zero-order chi connectivity index (χ0) is 18.5. The molecular weight excluding hydrogens is 338 g/mol. The number of hydrogen-bond acceptors (Lipinski definition) is 2. The van der Waals surface area contributed by atoms with Gasteiger partial charge in [0.1, 0.15) is 11.6 Å². The molecule has 3 rings (SSSR count). The predicted octanol–water partition coefficient (Wildman–Crippen LogP) is 3.29. The average Bonchev–Trinajstić information content (AvgIpc) is 3.43. The van der Waals surface area contributed by atoms with Crippen molar-refractivity contribution in [3.8, 4) is 0 Å². The highest BCUT2D eigenvalue weighted by Gasteiger charge is 2.48. The molecule has 0 radical (unpaired) electrons. The SMILES string of the molecule is O=C(NCCCc1ccccc1)C1CC1C(=O)Nc1ccc(F)cc1F. The van der Waals surface area contributed by atoms with Gasteiger partial charge in [-0.15, -0.1) is 0 Å². The van der Waals surface area contributed by atoms with Crippen molar-refractivity contribution in [1.29, 1.82) is 0 Å². The van der Waals surface area contributed by atoms with Gasteiger partial charge in [-0.05, 0) is 37.0 Å². The summed E-state index contributed by atoms with van der Waals surface area (Å²) >= 11 is 0. The molecule has 2 unspecified atom stereocenters. The standard InChI is InChI=1S/C20H20F2N2O2/c21-14-8-9-18(17(22)11-14)24-20(26)16-12-15(16)19(25)23-10-4-7-13-5-2-1-3-6-13/h1-3,5-6,8-9,11,15-16H,4,7,10,12H2,(H,23,25)(H,24,26). The molecule has 1 aliphatic carbocycles. The van der Waals surface area contributed by atoms with Crippen LogP contribution in [0.3, 0.4) is 0 Å². The van der Waals surface area contributed by atoms with Crippen molar-refractivity contribution in [2.75, 3.05) is 11.9 Å². The van der Waals surface area contributed by atoms with Gasteiger partial charge >= 0.3 is 0 Å². The van der Waals surface area contributed by atoms with Crippen molar-refractivity contribution in [2.24, 2.45) is 11.8 Å². The van der Waals surface area contributed by atoms with E-state index in [0.29, 0.717) is 19.0 Å². The van der Waals surface area contributed by atoms with Gasteiger partial charge in [-0.25, -0.2) is 8.78 Å². The summed E-state index contributed by atoms with van der Waals surface area (Å²) in [5.74, 6) is -2.96. The predicted molar refractivity (Wildman–Crippen MR) is 94.4 cm³/mol. The molecule has 26 heavy (non-hydrogen) atoms. The van der Waals surface area contributed by atoms with Crippen molar-refractivity contribution < 1.29 is 18.4 Å². The monoisotopic (exact) mass is 358 g/mol. The normalized spacial score (nSPS) is 18.2. The molecule has 4 nitrogen and oxygen atoms in total. The van der Waals surface area contributed by atoms with E-state index in [0.717, 1.165) is 18.9 Å². The summed E-state index contributed by atoms with van der Waals surface area (Å²) in [5.41, 5.74) is 1.14. The highest BCUT2D eigenvalue weighted by Crippen LogP contribution is 2.39. The van der Waals surface area contributed by atoms with E-state index in [4.69, 9.17) is 0 Å². The third-order valence-corrected chi connectivity index (χ3v) is 4.44. The Hall–Kier alpha value is -2.76. The van der Waals surface area contributed by atoms with Crippen molar-refractivity contribution in [2.45, 2.75) is 19.3 Å². The van der Waals surface area contributed by atoms with E-state index in [1.165, 1.54) is 11.6 Å². The van der Waals surface area contributed by atoms with E-state index in [2.05, 4.69) is 10.6 Å². The number of carbonyl (C=O) groups is 2. The summed E-state index contributed by atoms with van der Waals surface area (Å²) in [5, 5.41) is 5.25. The van der Waals surface area contributed by atoms with E-state index >= 15 is 0 Å². The lowest BCUT2D eigenvalue weighted by Crippen LogP contribution is -2.28. The third-order valence-electron chi connectivity index (χ3n) is 4.44. The van der Waals surface area contributed by atoms with Crippen LogP contribution in [0.5, 0.6) is 0 Å². The van der Waals surface area contributed by atoms with Crippen molar-refractivity contribution in [3.05, 3.63) is 65.7 Å². The van der Waals surface area contributed by atoms with E-state index in [1.54, 1.807) is 0 Å². The van der Waals surface area contributed by atoms with Crippen LogP contribution in [0.15, 0.2) is 48.5 Å².